The van der Waals surface area contributed by atoms with Crippen LogP contribution in [0.5, 0.6) is 5.75 Å². The van der Waals surface area contributed by atoms with Crippen molar-refractivity contribution in [1.29, 1.82) is 0 Å². The monoisotopic (exact) mass is 299 g/mol. The minimum absolute atomic E-state index is 0.0453. The third kappa shape index (κ3) is 5.17. The van der Waals surface area contributed by atoms with E-state index < -0.39 is 0 Å². The minimum atomic E-state index is 0.0453. The van der Waals surface area contributed by atoms with E-state index in [0.29, 0.717) is 6.42 Å². The van der Waals surface area contributed by atoms with Gasteiger partial charge in [-0.3, -0.25) is 0 Å². The molecule has 0 bridgehead atoms. The van der Waals surface area contributed by atoms with E-state index in [0.717, 1.165) is 30.8 Å². The lowest BCUT2D eigenvalue weighted by Crippen LogP contribution is -2.19. The molecule has 0 aliphatic carbocycles. The van der Waals surface area contributed by atoms with Crippen LogP contribution in [0.1, 0.15) is 30.6 Å². The minimum Gasteiger partial charge on any atom is -0.486 e. The zero-order valence-corrected chi connectivity index (χ0v) is 13.2. The van der Waals surface area contributed by atoms with Crippen molar-refractivity contribution in [2.24, 2.45) is 0 Å². The molecule has 0 saturated heterocycles. The van der Waals surface area contributed by atoms with E-state index in [1.807, 2.05) is 42.5 Å². The second-order valence-corrected chi connectivity index (χ2v) is 5.28. The molecule has 22 heavy (non-hydrogen) atoms. The van der Waals surface area contributed by atoms with Gasteiger partial charge in [0.1, 0.15) is 11.9 Å². The third-order valence-electron chi connectivity index (χ3n) is 3.61. The van der Waals surface area contributed by atoms with Gasteiger partial charge >= 0.3 is 0 Å². The van der Waals surface area contributed by atoms with Gasteiger partial charge in [0.2, 0.25) is 0 Å². The standard InChI is InChI=1S/C19H25NO2/c1-2-20-14-12-19(17-6-4-3-5-7-17)22-18-10-8-16(9-11-18)13-15-21/h3-11,19-21H,2,12-15H2,1H3. The topological polar surface area (TPSA) is 41.5 Å². The fourth-order valence-corrected chi connectivity index (χ4v) is 2.40. The number of aliphatic hydroxyl groups excluding tert-OH is 1. The summed E-state index contributed by atoms with van der Waals surface area (Å²) in [6.07, 6.45) is 1.66. The summed E-state index contributed by atoms with van der Waals surface area (Å²) in [5.41, 5.74) is 2.32. The van der Waals surface area contributed by atoms with Crippen LogP contribution >= 0.6 is 0 Å². The molecule has 0 saturated carbocycles. The molecule has 0 aliphatic rings. The van der Waals surface area contributed by atoms with Gasteiger partial charge in [-0.05, 0) is 42.8 Å². The van der Waals surface area contributed by atoms with E-state index in [1.165, 1.54) is 5.56 Å². The molecule has 1 atom stereocenters. The summed E-state index contributed by atoms with van der Waals surface area (Å²) in [7, 11) is 0. The smallest absolute Gasteiger partial charge is 0.125 e. The van der Waals surface area contributed by atoms with Gasteiger partial charge in [0, 0.05) is 13.0 Å². The molecule has 3 heteroatoms. The summed E-state index contributed by atoms with van der Waals surface area (Å²) >= 11 is 0. The lowest BCUT2D eigenvalue weighted by atomic mass is 10.1. The Hall–Kier alpha value is -1.84. The van der Waals surface area contributed by atoms with Crippen molar-refractivity contribution in [3.8, 4) is 5.75 Å². The SMILES string of the molecule is CCNCCC(Oc1ccc(CCO)cc1)c1ccccc1. The normalized spacial score (nSPS) is 12.1. The van der Waals surface area contributed by atoms with Crippen molar-refractivity contribution in [3.05, 3.63) is 65.7 Å². The van der Waals surface area contributed by atoms with E-state index >= 15 is 0 Å². The highest BCUT2D eigenvalue weighted by molar-refractivity contribution is 5.29. The zero-order chi connectivity index (χ0) is 15.6. The number of nitrogens with one attached hydrogen (secondary N) is 1. The molecule has 2 N–H and O–H groups in total. The highest BCUT2D eigenvalue weighted by Crippen LogP contribution is 2.25. The second kappa shape index (κ2) is 9.23. The predicted octanol–water partition coefficient (Wildman–Crippen LogP) is 3.34. The average Bonchev–Trinajstić information content (AvgIpc) is 2.57. The molecule has 0 amide bonds. The van der Waals surface area contributed by atoms with Gasteiger partial charge in [0.05, 0.1) is 0 Å². The Morgan fingerprint density at radius 1 is 1.05 bits per heavy atom. The van der Waals surface area contributed by atoms with Crippen LogP contribution in [0.3, 0.4) is 0 Å². The number of rotatable bonds is 9. The maximum absolute atomic E-state index is 8.97. The molecule has 2 aromatic rings. The Morgan fingerprint density at radius 3 is 2.41 bits per heavy atom. The number of benzene rings is 2. The van der Waals surface area contributed by atoms with Gasteiger partial charge in [-0.1, -0.05) is 49.4 Å². The maximum atomic E-state index is 8.97. The summed E-state index contributed by atoms with van der Waals surface area (Å²) in [4.78, 5) is 0. The first kappa shape index (κ1) is 16.5. The quantitative estimate of drug-likeness (QED) is 0.698. The third-order valence-corrected chi connectivity index (χ3v) is 3.61. The molecule has 2 aromatic carbocycles. The van der Waals surface area contributed by atoms with Crippen LogP contribution in [0.25, 0.3) is 0 Å². The van der Waals surface area contributed by atoms with Crippen LogP contribution < -0.4 is 10.1 Å². The van der Waals surface area contributed by atoms with Gasteiger partial charge in [-0.25, -0.2) is 0 Å². The van der Waals surface area contributed by atoms with Gasteiger partial charge in [-0.15, -0.1) is 0 Å². The van der Waals surface area contributed by atoms with Crippen LogP contribution in [0.15, 0.2) is 54.6 Å². The highest BCUT2D eigenvalue weighted by atomic mass is 16.5. The van der Waals surface area contributed by atoms with Gasteiger partial charge in [0.15, 0.2) is 0 Å². The molecular formula is C19H25NO2. The Balaban J connectivity index is 2.05. The van der Waals surface area contributed by atoms with Crippen LogP contribution in [-0.4, -0.2) is 24.8 Å². The molecule has 2 rings (SSSR count). The van der Waals surface area contributed by atoms with Crippen LogP contribution in [0.2, 0.25) is 0 Å². The first-order valence-electron chi connectivity index (χ1n) is 7.95. The lowest BCUT2D eigenvalue weighted by molar-refractivity contribution is 0.194. The molecule has 3 nitrogen and oxygen atoms in total. The van der Waals surface area contributed by atoms with Crippen LogP contribution in [0, 0.1) is 0 Å². The fourth-order valence-electron chi connectivity index (χ4n) is 2.40. The molecule has 0 heterocycles. The molecule has 0 spiro atoms. The zero-order valence-electron chi connectivity index (χ0n) is 13.2. The molecule has 0 fully saturated rings. The summed E-state index contributed by atoms with van der Waals surface area (Å²) in [5.74, 6) is 0.868. The van der Waals surface area contributed by atoms with Crippen molar-refractivity contribution in [3.63, 3.8) is 0 Å². The summed E-state index contributed by atoms with van der Waals surface area (Å²) < 4.78 is 6.18. The molecule has 0 aromatic heterocycles. The van der Waals surface area contributed by atoms with Crippen LogP contribution in [-0.2, 0) is 6.42 Å². The largest absolute Gasteiger partial charge is 0.486 e. The van der Waals surface area contributed by atoms with E-state index in [-0.39, 0.29) is 12.7 Å². The van der Waals surface area contributed by atoms with E-state index in [9.17, 15) is 0 Å². The molecule has 0 aliphatic heterocycles. The van der Waals surface area contributed by atoms with E-state index in [2.05, 4.69) is 24.4 Å². The van der Waals surface area contributed by atoms with Crippen molar-refractivity contribution in [2.75, 3.05) is 19.7 Å². The first-order chi connectivity index (χ1) is 10.8. The van der Waals surface area contributed by atoms with Crippen LogP contribution in [0.4, 0.5) is 0 Å². The summed E-state index contributed by atoms with van der Waals surface area (Å²) in [6, 6.07) is 18.3. The molecule has 1 unspecified atom stereocenters. The average molecular weight is 299 g/mol. The van der Waals surface area contributed by atoms with Crippen molar-refractivity contribution in [2.45, 2.75) is 25.9 Å². The Morgan fingerprint density at radius 2 is 1.77 bits per heavy atom. The Bertz CT molecular complexity index is 525. The molecule has 118 valence electrons. The van der Waals surface area contributed by atoms with Crippen molar-refractivity contribution >= 4 is 0 Å². The number of hydrogen-bond donors (Lipinski definition) is 2. The number of hydrogen-bond acceptors (Lipinski definition) is 3. The Labute approximate surface area is 133 Å². The van der Waals surface area contributed by atoms with Crippen molar-refractivity contribution in [1.82, 2.24) is 5.32 Å². The lowest BCUT2D eigenvalue weighted by Gasteiger charge is -2.20. The summed E-state index contributed by atoms with van der Waals surface area (Å²) in [5, 5.41) is 12.3. The summed E-state index contributed by atoms with van der Waals surface area (Å²) in [6.45, 7) is 4.18. The second-order valence-electron chi connectivity index (χ2n) is 5.28. The predicted molar refractivity (Wildman–Crippen MR) is 90.2 cm³/mol. The fraction of sp³-hybridized carbons (Fsp3) is 0.368. The number of aliphatic hydroxyl groups is 1. The van der Waals surface area contributed by atoms with Gasteiger partial charge in [-0.2, -0.15) is 0 Å². The van der Waals surface area contributed by atoms with Crippen molar-refractivity contribution < 1.29 is 9.84 Å². The molecule has 0 radical (unpaired) electrons. The number of ether oxygens (including phenoxy) is 1. The van der Waals surface area contributed by atoms with E-state index in [1.54, 1.807) is 0 Å². The van der Waals surface area contributed by atoms with Gasteiger partial charge < -0.3 is 15.2 Å². The highest BCUT2D eigenvalue weighted by Gasteiger charge is 2.12. The van der Waals surface area contributed by atoms with E-state index in [4.69, 9.17) is 9.84 Å². The van der Waals surface area contributed by atoms with Gasteiger partial charge in [0.25, 0.3) is 0 Å². The maximum Gasteiger partial charge on any atom is 0.125 e. The Kier molecular flexibility index (Phi) is 6.94. The first-order valence-corrected chi connectivity index (χ1v) is 7.95. The molecular weight excluding hydrogens is 274 g/mol.